The zero-order chi connectivity index (χ0) is 9.14. The summed E-state index contributed by atoms with van der Waals surface area (Å²) in [7, 11) is 0. The van der Waals surface area contributed by atoms with Gasteiger partial charge in [-0.1, -0.05) is 6.92 Å². The van der Waals surface area contributed by atoms with Gasteiger partial charge in [0.1, 0.15) is 0 Å². The summed E-state index contributed by atoms with van der Waals surface area (Å²) in [4.78, 5) is 18.2. The Hall–Kier alpha value is -0.970. The van der Waals surface area contributed by atoms with Crippen molar-refractivity contribution in [2.24, 2.45) is 0 Å². The number of aryl methyl sites for hydroxylation is 1. The predicted molar refractivity (Wildman–Crippen MR) is 46.1 cm³/mol. The molecule has 0 bridgehead atoms. The molecule has 1 aromatic rings. The van der Waals surface area contributed by atoms with Crippen LogP contribution >= 0.6 is 15.9 Å². The number of hydrogen-bond acceptors (Lipinski definition) is 3. The minimum absolute atomic E-state index is 0.0220. The number of carboxylic acid groups (broad SMARTS) is 1. The summed E-state index contributed by atoms with van der Waals surface area (Å²) in [6.45, 7) is 1.90. The Morgan fingerprint density at radius 1 is 1.67 bits per heavy atom. The Labute approximate surface area is 77.8 Å². The Morgan fingerprint density at radius 2 is 2.33 bits per heavy atom. The third-order valence-electron chi connectivity index (χ3n) is 1.33. The summed E-state index contributed by atoms with van der Waals surface area (Å²) in [5.41, 5.74) is 0.739. The number of carboxylic acids is 1. The van der Waals surface area contributed by atoms with Crippen LogP contribution in [0.4, 0.5) is 0 Å². The van der Waals surface area contributed by atoms with Gasteiger partial charge in [0.05, 0.1) is 0 Å². The summed E-state index contributed by atoms with van der Waals surface area (Å²) < 4.78 is 0.319. The number of hydrogen-bond donors (Lipinski definition) is 1. The van der Waals surface area contributed by atoms with Crippen molar-refractivity contribution >= 4 is 21.9 Å². The standard InChI is InChI=1S/C7H7BrN2O2/c1-2-4-3-5(6(11)12)10-7(8)9-4/h3H,2H2,1H3,(H,11,12). The topological polar surface area (TPSA) is 63.1 Å². The first-order valence-corrected chi connectivity index (χ1v) is 4.19. The molecule has 12 heavy (non-hydrogen) atoms. The quantitative estimate of drug-likeness (QED) is 0.783. The van der Waals surface area contributed by atoms with Crippen LogP contribution in [0.3, 0.4) is 0 Å². The lowest BCUT2D eigenvalue weighted by Gasteiger charge is -1.98. The van der Waals surface area contributed by atoms with E-state index in [4.69, 9.17) is 5.11 Å². The number of halogens is 1. The second-order valence-corrected chi connectivity index (χ2v) is 2.88. The van der Waals surface area contributed by atoms with E-state index in [2.05, 4.69) is 25.9 Å². The van der Waals surface area contributed by atoms with Gasteiger partial charge in [-0.15, -0.1) is 0 Å². The molecule has 5 heteroatoms. The highest BCUT2D eigenvalue weighted by Crippen LogP contribution is 2.07. The van der Waals surface area contributed by atoms with Crippen LogP contribution in [0.5, 0.6) is 0 Å². The van der Waals surface area contributed by atoms with E-state index in [1.54, 1.807) is 0 Å². The van der Waals surface area contributed by atoms with Gasteiger partial charge in [-0.3, -0.25) is 0 Å². The first-order valence-electron chi connectivity index (χ1n) is 3.40. The molecule has 0 fully saturated rings. The highest BCUT2D eigenvalue weighted by Gasteiger charge is 2.07. The van der Waals surface area contributed by atoms with Gasteiger partial charge in [-0.2, -0.15) is 0 Å². The molecule has 0 aromatic carbocycles. The van der Waals surface area contributed by atoms with Gasteiger partial charge in [0.25, 0.3) is 0 Å². The minimum Gasteiger partial charge on any atom is -0.477 e. The fourth-order valence-corrected chi connectivity index (χ4v) is 1.17. The molecular weight excluding hydrogens is 224 g/mol. The van der Waals surface area contributed by atoms with Gasteiger partial charge in [0, 0.05) is 5.69 Å². The second kappa shape index (κ2) is 3.62. The molecule has 0 radical (unpaired) electrons. The van der Waals surface area contributed by atoms with E-state index >= 15 is 0 Å². The van der Waals surface area contributed by atoms with Gasteiger partial charge < -0.3 is 5.11 Å². The van der Waals surface area contributed by atoms with Crippen molar-refractivity contribution in [3.05, 3.63) is 22.2 Å². The average Bonchev–Trinajstić information content (AvgIpc) is 2.03. The summed E-state index contributed by atoms with van der Waals surface area (Å²) in [6, 6.07) is 1.47. The third kappa shape index (κ3) is 2.01. The highest BCUT2D eigenvalue weighted by atomic mass is 79.9. The predicted octanol–water partition coefficient (Wildman–Crippen LogP) is 1.50. The molecule has 0 spiro atoms. The molecule has 1 N–H and O–H groups in total. The monoisotopic (exact) mass is 230 g/mol. The van der Waals surface area contributed by atoms with Crippen molar-refractivity contribution in [3.63, 3.8) is 0 Å². The molecule has 0 aliphatic heterocycles. The second-order valence-electron chi connectivity index (χ2n) is 2.17. The Balaban J connectivity index is 3.15. The van der Waals surface area contributed by atoms with Crippen LogP contribution < -0.4 is 0 Å². The van der Waals surface area contributed by atoms with Crippen molar-refractivity contribution in [2.45, 2.75) is 13.3 Å². The number of carbonyl (C=O) groups is 1. The normalized spacial score (nSPS) is 9.83. The van der Waals surface area contributed by atoms with Crippen molar-refractivity contribution in [1.82, 2.24) is 9.97 Å². The molecule has 1 rings (SSSR count). The molecular formula is C7H7BrN2O2. The number of nitrogens with zero attached hydrogens (tertiary/aromatic N) is 2. The van der Waals surface area contributed by atoms with Crippen LogP contribution in [-0.2, 0) is 6.42 Å². The van der Waals surface area contributed by atoms with Crippen LogP contribution in [0.15, 0.2) is 10.8 Å². The molecule has 1 aromatic heterocycles. The van der Waals surface area contributed by atoms with E-state index in [0.717, 1.165) is 0 Å². The van der Waals surface area contributed by atoms with Crippen LogP contribution in [0.25, 0.3) is 0 Å². The molecule has 4 nitrogen and oxygen atoms in total. The van der Waals surface area contributed by atoms with Crippen LogP contribution in [0.2, 0.25) is 0 Å². The smallest absolute Gasteiger partial charge is 0.354 e. The summed E-state index contributed by atoms with van der Waals surface area (Å²) in [5, 5.41) is 8.62. The highest BCUT2D eigenvalue weighted by molar-refractivity contribution is 9.10. The largest absolute Gasteiger partial charge is 0.477 e. The molecule has 1 heterocycles. The fourth-order valence-electron chi connectivity index (χ4n) is 0.756. The van der Waals surface area contributed by atoms with Crippen molar-refractivity contribution in [3.8, 4) is 0 Å². The summed E-state index contributed by atoms with van der Waals surface area (Å²) in [6.07, 6.45) is 0.696. The van der Waals surface area contributed by atoms with E-state index < -0.39 is 5.97 Å². The van der Waals surface area contributed by atoms with E-state index in [1.165, 1.54) is 6.07 Å². The Bertz CT molecular complexity index is 314. The SMILES string of the molecule is CCc1cc(C(=O)O)nc(Br)n1. The molecule has 0 aliphatic rings. The van der Waals surface area contributed by atoms with E-state index in [-0.39, 0.29) is 5.69 Å². The zero-order valence-electron chi connectivity index (χ0n) is 6.41. The lowest BCUT2D eigenvalue weighted by atomic mass is 10.3. The van der Waals surface area contributed by atoms with Crippen LogP contribution in [0, 0.1) is 0 Å². The first-order chi connectivity index (χ1) is 5.63. The van der Waals surface area contributed by atoms with E-state index in [1.807, 2.05) is 6.92 Å². The molecule has 64 valence electrons. The van der Waals surface area contributed by atoms with Crippen molar-refractivity contribution in [2.75, 3.05) is 0 Å². The maximum atomic E-state index is 10.5. The average molecular weight is 231 g/mol. The molecule has 0 atom stereocenters. The number of aromatic nitrogens is 2. The van der Waals surface area contributed by atoms with Crippen LogP contribution in [-0.4, -0.2) is 21.0 Å². The van der Waals surface area contributed by atoms with Crippen molar-refractivity contribution < 1.29 is 9.90 Å². The van der Waals surface area contributed by atoms with Crippen LogP contribution in [0.1, 0.15) is 23.1 Å². The maximum Gasteiger partial charge on any atom is 0.354 e. The van der Waals surface area contributed by atoms with E-state index in [0.29, 0.717) is 16.8 Å². The Kier molecular flexibility index (Phi) is 2.75. The lowest BCUT2D eigenvalue weighted by Crippen LogP contribution is -2.03. The molecule has 0 saturated heterocycles. The first kappa shape index (κ1) is 9.12. The van der Waals surface area contributed by atoms with Gasteiger partial charge in [-0.25, -0.2) is 14.8 Å². The Morgan fingerprint density at radius 3 is 2.83 bits per heavy atom. The van der Waals surface area contributed by atoms with Gasteiger partial charge in [-0.05, 0) is 28.4 Å². The number of rotatable bonds is 2. The maximum absolute atomic E-state index is 10.5. The lowest BCUT2D eigenvalue weighted by molar-refractivity contribution is 0.0690. The molecule has 0 saturated carbocycles. The van der Waals surface area contributed by atoms with Gasteiger partial charge >= 0.3 is 5.97 Å². The minimum atomic E-state index is -1.03. The summed E-state index contributed by atoms with van der Waals surface area (Å²) >= 11 is 3.04. The fraction of sp³-hybridized carbons (Fsp3) is 0.286. The van der Waals surface area contributed by atoms with Gasteiger partial charge in [0.2, 0.25) is 0 Å². The number of aromatic carboxylic acids is 1. The van der Waals surface area contributed by atoms with Gasteiger partial charge in [0.15, 0.2) is 10.4 Å². The third-order valence-corrected chi connectivity index (χ3v) is 1.69. The molecule has 0 unspecified atom stereocenters. The molecule has 0 aliphatic carbocycles. The molecule has 0 amide bonds. The van der Waals surface area contributed by atoms with Crippen molar-refractivity contribution in [1.29, 1.82) is 0 Å². The zero-order valence-corrected chi connectivity index (χ0v) is 8.00. The summed E-state index contributed by atoms with van der Waals surface area (Å²) in [5.74, 6) is -1.03. The van der Waals surface area contributed by atoms with E-state index in [9.17, 15) is 4.79 Å².